The average molecular weight is 488 g/mol. The van der Waals surface area contributed by atoms with Crippen LogP contribution in [0.3, 0.4) is 0 Å². The fraction of sp³-hybridized carbons (Fsp3) is 1.00. The molecule has 4 fully saturated rings. The van der Waals surface area contributed by atoms with Crippen molar-refractivity contribution in [1.29, 1.82) is 0 Å². The SMILES string of the molecule is NC1CC2CCC1C2.NC1CC2CCC1C2.[Cl-].[Cl-].[Pt+2]. The number of hydrogen-bond acceptors (Lipinski definition) is 2. The molecule has 5 heteroatoms. The maximum absolute atomic E-state index is 5.82. The Labute approximate surface area is 144 Å². The molecule has 4 rings (SSSR count). The molecule has 0 aliphatic heterocycles. The van der Waals surface area contributed by atoms with Gasteiger partial charge in [0.25, 0.3) is 0 Å². The predicted molar refractivity (Wildman–Crippen MR) is 66.8 cm³/mol. The molecule has 0 radical (unpaired) electrons. The first-order valence-corrected chi connectivity index (χ1v) is 7.23. The van der Waals surface area contributed by atoms with Crippen LogP contribution in [0.25, 0.3) is 0 Å². The van der Waals surface area contributed by atoms with E-state index in [0.717, 1.165) is 23.7 Å². The molecule has 0 saturated heterocycles. The van der Waals surface area contributed by atoms with Crippen molar-refractivity contribution in [3.05, 3.63) is 0 Å². The van der Waals surface area contributed by atoms with E-state index in [1.54, 1.807) is 0 Å². The van der Waals surface area contributed by atoms with Crippen LogP contribution in [0.5, 0.6) is 0 Å². The second-order valence-electron chi connectivity index (χ2n) is 6.68. The van der Waals surface area contributed by atoms with Crippen LogP contribution >= 0.6 is 0 Å². The van der Waals surface area contributed by atoms with Crippen molar-refractivity contribution in [2.24, 2.45) is 35.1 Å². The molecule has 4 aliphatic rings. The van der Waals surface area contributed by atoms with Gasteiger partial charge in [-0.2, -0.15) is 0 Å². The average Bonchev–Trinajstić information content (AvgIpc) is 2.94. The molecule has 0 amide bonds. The molecule has 0 heterocycles. The zero-order valence-electron chi connectivity index (χ0n) is 11.3. The molecule has 0 aromatic carbocycles. The number of nitrogens with two attached hydrogens (primary N) is 2. The third-order valence-corrected chi connectivity index (χ3v) is 5.59. The summed E-state index contributed by atoms with van der Waals surface area (Å²) in [5.74, 6) is 3.88. The monoisotopic (exact) mass is 487 g/mol. The first-order chi connectivity index (χ1) is 7.72. The van der Waals surface area contributed by atoms with Gasteiger partial charge in [0.1, 0.15) is 0 Å². The van der Waals surface area contributed by atoms with Crippen molar-refractivity contribution in [2.45, 2.75) is 63.5 Å². The second-order valence-corrected chi connectivity index (χ2v) is 6.68. The van der Waals surface area contributed by atoms with Crippen molar-refractivity contribution >= 4 is 0 Å². The quantitative estimate of drug-likeness (QED) is 0.369. The molecule has 0 spiro atoms. The van der Waals surface area contributed by atoms with Gasteiger partial charge in [0.15, 0.2) is 0 Å². The van der Waals surface area contributed by atoms with Gasteiger partial charge in [-0.1, -0.05) is 12.8 Å². The van der Waals surface area contributed by atoms with Crippen LogP contribution in [0.2, 0.25) is 0 Å². The smallest absolute Gasteiger partial charge is 1.00 e. The molecule has 6 atom stereocenters. The largest absolute Gasteiger partial charge is 2.00 e. The fourth-order valence-corrected chi connectivity index (χ4v) is 4.59. The van der Waals surface area contributed by atoms with E-state index in [1.165, 1.54) is 51.4 Å². The van der Waals surface area contributed by atoms with Crippen LogP contribution in [0, 0.1) is 23.7 Å². The summed E-state index contributed by atoms with van der Waals surface area (Å²) in [7, 11) is 0. The summed E-state index contributed by atoms with van der Waals surface area (Å²) in [4.78, 5) is 0. The van der Waals surface area contributed by atoms with Gasteiger partial charge in [-0.05, 0) is 62.2 Å². The summed E-state index contributed by atoms with van der Waals surface area (Å²) < 4.78 is 0. The van der Waals surface area contributed by atoms with E-state index >= 15 is 0 Å². The minimum absolute atomic E-state index is 0. The van der Waals surface area contributed by atoms with E-state index < -0.39 is 0 Å². The van der Waals surface area contributed by atoms with Crippen molar-refractivity contribution < 1.29 is 45.9 Å². The third-order valence-electron chi connectivity index (χ3n) is 5.59. The zero-order chi connectivity index (χ0) is 11.1. The first-order valence-electron chi connectivity index (χ1n) is 7.23. The molecular formula is C14H26Cl2N2Pt. The predicted octanol–water partition coefficient (Wildman–Crippen LogP) is -3.73. The molecule has 4 N–H and O–H groups in total. The van der Waals surface area contributed by atoms with Crippen LogP contribution in [0.15, 0.2) is 0 Å². The van der Waals surface area contributed by atoms with E-state index in [-0.39, 0.29) is 45.9 Å². The molecule has 116 valence electrons. The topological polar surface area (TPSA) is 52.0 Å². The fourth-order valence-electron chi connectivity index (χ4n) is 4.59. The van der Waals surface area contributed by atoms with E-state index in [9.17, 15) is 0 Å². The van der Waals surface area contributed by atoms with Gasteiger partial charge < -0.3 is 36.3 Å². The summed E-state index contributed by atoms with van der Waals surface area (Å²) in [6, 6.07) is 1.16. The van der Waals surface area contributed by atoms with Gasteiger partial charge in [-0.3, -0.25) is 0 Å². The normalized spacial score (nSPS) is 44.5. The molecular weight excluding hydrogens is 462 g/mol. The molecule has 0 aromatic heterocycles. The Morgan fingerprint density at radius 2 is 0.947 bits per heavy atom. The van der Waals surface area contributed by atoms with Crippen LogP contribution in [0.4, 0.5) is 0 Å². The number of halogens is 2. The molecule has 4 saturated carbocycles. The Bertz CT molecular complexity index is 238. The summed E-state index contributed by atoms with van der Waals surface area (Å²) in [6.07, 6.45) is 11.3. The number of rotatable bonds is 0. The molecule has 19 heavy (non-hydrogen) atoms. The van der Waals surface area contributed by atoms with Gasteiger partial charge in [0, 0.05) is 12.1 Å². The van der Waals surface area contributed by atoms with Crippen molar-refractivity contribution in [2.75, 3.05) is 0 Å². The Hall–Kier alpha value is 1.19. The second kappa shape index (κ2) is 8.59. The molecule has 2 nitrogen and oxygen atoms in total. The minimum Gasteiger partial charge on any atom is -1.00 e. The van der Waals surface area contributed by atoms with Crippen LogP contribution in [0.1, 0.15) is 51.4 Å². The zero-order valence-corrected chi connectivity index (χ0v) is 15.1. The van der Waals surface area contributed by atoms with Crippen molar-refractivity contribution in [3.63, 3.8) is 0 Å². The standard InChI is InChI=1S/2C7H13N.2ClH.Pt/c2*8-7-4-5-1-2-6(7)3-5;;;/h2*5-7H,1-4,8H2;2*1H;/q;;;;+2/p-2. The van der Waals surface area contributed by atoms with E-state index in [0.29, 0.717) is 12.1 Å². The Morgan fingerprint density at radius 3 is 1.05 bits per heavy atom. The molecule has 6 unspecified atom stereocenters. The van der Waals surface area contributed by atoms with Gasteiger partial charge >= 0.3 is 21.1 Å². The Morgan fingerprint density at radius 1 is 0.579 bits per heavy atom. The molecule has 0 aromatic rings. The molecule has 4 bridgehead atoms. The van der Waals surface area contributed by atoms with Gasteiger partial charge in [0.2, 0.25) is 0 Å². The van der Waals surface area contributed by atoms with E-state index in [1.807, 2.05) is 0 Å². The summed E-state index contributed by atoms with van der Waals surface area (Å²) in [5.41, 5.74) is 11.6. The van der Waals surface area contributed by atoms with Gasteiger partial charge in [-0.15, -0.1) is 0 Å². The summed E-state index contributed by atoms with van der Waals surface area (Å²) >= 11 is 0. The van der Waals surface area contributed by atoms with Crippen LogP contribution in [-0.4, -0.2) is 12.1 Å². The third kappa shape index (κ3) is 4.58. The summed E-state index contributed by atoms with van der Waals surface area (Å²) in [6.45, 7) is 0. The Balaban J connectivity index is 0.000000295. The molecule has 4 aliphatic carbocycles. The van der Waals surface area contributed by atoms with Gasteiger partial charge in [-0.25, -0.2) is 0 Å². The Kier molecular flexibility index (Phi) is 9.12. The van der Waals surface area contributed by atoms with Crippen LogP contribution in [-0.2, 0) is 21.1 Å². The summed E-state index contributed by atoms with van der Waals surface area (Å²) in [5, 5.41) is 0. The van der Waals surface area contributed by atoms with Crippen molar-refractivity contribution in [1.82, 2.24) is 0 Å². The van der Waals surface area contributed by atoms with E-state index in [4.69, 9.17) is 11.5 Å². The van der Waals surface area contributed by atoms with Crippen molar-refractivity contribution in [3.8, 4) is 0 Å². The maximum atomic E-state index is 5.82. The number of fused-ring (bicyclic) bond motifs is 4. The number of hydrogen-bond donors (Lipinski definition) is 2. The van der Waals surface area contributed by atoms with E-state index in [2.05, 4.69) is 0 Å². The van der Waals surface area contributed by atoms with Gasteiger partial charge in [0.05, 0.1) is 0 Å². The maximum Gasteiger partial charge on any atom is 2.00 e. The van der Waals surface area contributed by atoms with Crippen LogP contribution < -0.4 is 36.3 Å². The first kappa shape index (κ1) is 20.2. The minimum atomic E-state index is 0.